The van der Waals surface area contributed by atoms with E-state index in [-0.39, 0.29) is 0 Å². The van der Waals surface area contributed by atoms with Gasteiger partial charge in [-0.2, -0.15) is 0 Å². The number of aromatic nitrogens is 2. The van der Waals surface area contributed by atoms with E-state index in [2.05, 4.69) is 25.9 Å². The van der Waals surface area contributed by atoms with Gasteiger partial charge in [0.2, 0.25) is 0 Å². The van der Waals surface area contributed by atoms with Crippen LogP contribution in [-0.4, -0.2) is 25.0 Å². The average Bonchev–Trinajstić information content (AvgIpc) is 2.50. The van der Waals surface area contributed by atoms with Crippen LogP contribution in [-0.2, 0) is 6.18 Å². The number of nitrogens with zero attached hydrogens (tertiary/aromatic N) is 2. The molecule has 2 heterocycles. The molecular weight excluding hydrogens is 358 g/mol. The topological polar surface area (TPSA) is 29.3 Å². The Balaban J connectivity index is 2.00. The van der Waals surface area contributed by atoms with Gasteiger partial charge in [-0.3, -0.25) is 0 Å². The van der Waals surface area contributed by atoms with E-state index in [9.17, 15) is 13.2 Å². The Morgan fingerprint density at radius 1 is 1.09 bits per heavy atom. The van der Waals surface area contributed by atoms with Gasteiger partial charge < -0.3 is 0 Å². The third kappa shape index (κ3) is 2.91. The number of pyridine rings is 1. The predicted molar refractivity (Wildman–Crippen MR) is 78.9 cm³/mol. The summed E-state index contributed by atoms with van der Waals surface area (Å²) in [5.74, 6) is 0.461. The Morgan fingerprint density at radius 2 is 1.91 bits per heavy atom. The zero-order valence-corrected chi connectivity index (χ0v) is 12.8. The van der Waals surface area contributed by atoms with E-state index in [1.54, 1.807) is 12.3 Å². The van der Waals surface area contributed by atoms with Crippen LogP contribution in [0.5, 0.6) is 0 Å². The number of benzene rings is 1. The Bertz CT molecular complexity index is 887. The zero-order chi connectivity index (χ0) is 15.7. The summed E-state index contributed by atoms with van der Waals surface area (Å²) in [7, 11) is 0. The molecule has 0 aliphatic carbocycles. The average molecular weight is 368 g/mol. The molecule has 0 fully saturated rings. The summed E-state index contributed by atoms with van der Waals surface area (Å²) >= 11 is 2.89. The number of alkyl halides is 3. The van der Waals surface area contributed by atoms with Gasteiger partial charge in [0.1, 0.15) is 0 Å². The third-order valence-electron chi connectivity index (χ3n) is 3.09. The molecule has 0 aliphatic rings. The van der Waals surface area contributed by atoms with Crippen LogP contribution in [0.25, 0.3) is 5.52 Å². The molecule has 0 atom stereocenters. The predicted octanol–water partition coefficient (Wildman–Crippen LogP) is 3.80. The molecule has 0 saturated carbocycles. The van der Waals surface area contributed by atoms with Crippen molar-refractivity contribution >= 4 is 32.6 Å². The first kappa shape index (κ1) is 14.8. The molecule has 0 bridgehead atoms. The maximum absolute atomic E-state index is 12.7. The minimum atomic E-state index is -4.37. The normalized spacial score (nSPS) is 11.6. The van der Waals surface area contributed by atoms with Gasteiger partial charge in [-0.1, -0.05) is 0 Å². The van der Waals surface area contributed by atoms with Gasteiger partial charge in [0.05, 0.1) is 0 Å². The summed E-state index contributed by atoms with van der Waals surface area (Å²) in [6.07, 6.45) is -0.874. The summed E-state index contributed by atoms with van der Waals surface area (Å²) in [4.78, 5) is 4.25. The van der Waals surface area contributed by atoms with E-state index < -0.39 is 11.7 Å². The van der Waals surface area contributed by atoms with E-state index in [1.165, 1.54) is 6.07 Å². The van der Waals surface area contributed by atoms with Crippen molar-refractivity contribution in [1.82, 2.24) is 9.38 Å². The molecule has 0 unspecified atom stereocenters. The Hall–Kier alpha value is -2.11. The number of hydrogen-bond acceptors (Lipinski definition) is 2. The molecule has 2 aromatic heterocycles. The first-order valence-electron chi connectivity index (χ1n) is 6.36. The van der Waals surface area contributed by atoms with Crippen LogP contribution in [0.2, 0.25) is 0 Å². The van der Waals surface area contributed by atoms with Crippen LogP contribution in [0.4, 0.5) is 24.7 Å². The molecule has 1 aromatic carbocycles. The summed E-state index contributed by atoms with van der Waals surface area (Å²) in [5, 5.41) is 2.91. The molecule has 7 heteroatoms. The van der Waals surface area contributed by atoms with E-state index in [4.69, 9.17) is 0 Å². The van der Waals surface area contributed by atoms with E-state index >= 15 is 0 Å². The fraction of sp³-hybridized carbons (Fsp3) is 0.0667. The quantitative estimate of drug-likeness (QED) is 0.698. The van der Waals surface area contributed by atoms with Crippen LogP contribution in [0.1, 0.15) is 5.56 Å². The second-order valence-corrected chi connectivity index (χ2v) is 5.42. The molecule has 3 aromatic rings. The summed E-state index contributed by atoms with van der Waals surface area (Å²) < 4.78 is 40.8. The minimum absolute atomic E-state index is 0.328. The van der Waals surface area contributed by atoms with Crippen LogP contribution >= 0.6 is 0 Å². The van der Waals surface area contributed by atoms with Crippen molar-refractivity contribution in [3.63, 3.8) is 0 Å². The van der Waals surface area contributed by atoms with Gasteiger partial charge in [-0.05, 0) is 0 Å². The first-order valence-corrected chi connectivity index (χ1v) is 7.21. The molecule has 0 radical (unpaired) electrons. The van der Waals surface area contributed by atoms with E-state index in [0.717, 1.165) is 17.6 Å². The molecule has 3 nitrogen and oxygen atoms in total. The number of halogens is 3. The fourth-order valence-electron chi connectivity index (χ4n) is 2.04. The molecule has 0 spiro atoms. The van der Waals surface area contributed by atoms with E-state index in [1.807, 2.05) is 28.8 Å². The van der Waals surface area contributed by atoms with Gasteiger partial charge in [-0.25, -0.2) is 0 Å². The molecule has 1 N–H and O–H groups in total. The second-order valence-electron chi connectivity index (χ2n) is 4.61. The second kappa shape index (κ2) is 5.59. The monoisotopic (exact) mass is 369 g/mol. The molecule has 0 aliphatic heterocycles. The van der Waals surface area contributed by atoms with Crippen molar-refractivity contribution in [3.8, 4) is 0 Å². The van der Waals surface area contributed by atoms with Crippen molar-refractivity contribution in [3.05, 3.63) is 64.6 Å². The van der Waals surface area contributed by atoms with Crippen LogP contribution in [0, 0.1) is 4.19 Å². The van der Waals surface area contributed by atoms with Crippen molar-refractivity contribution in [2.45, 2.75) is 6.18 Å². The maximum atomic E-state index is 12.7. The van der Waals surface area contributed by atoms with Gasteiger partial charge in [0, 0.05) is 0 Å². The van der Waals surface area contributed by atoms with Crippen LogP contribution < -0.4 is 5.32 Å². The van der Waals surface area contributed by atoms with Gasteiger partial charge in [0.15, 0.2) is 0 Å². The number of fused-ring (bicyclic) bond motifs is 1. The van der Waals surface area contributed by atoms with Crippen LogP contribution in [0.15, 0.2) is 54.9 Å². The van der Waals surface area contributed by atoms with Crippen molar-refractivity contribution in [2.24, 2.45) is 0 Å². The molecule has 0 saturated heterocycles. The summed E-state index contributed by atoms with van der Waals surface area (Å²) in [6, 6.07) is 10.7. The first-order chi connectivity index (χ1) is 10.4. The Kier molecular flexibility index (Phi) is 3.76. The molecule has 22 heavy (non-hydrogen) atoms. The molecule has 3 rings (SSSR count). The number of rotatable bonds is 2. The molecule has 112 valence electrons. The van der Waals surface area contributed by atoms with Crippen molar-refractivity contribution in [1.29, 1.82) is 0 Å². The SMILES string of the molecule is FC(F)(F)c1cccc(Nc2ncc3ccccn3c2=[Se])c1. The van der Waals surface area contributed by atoms with Crippen molar-refractivity contribution in [2.75, 3.05) is 5.32 Å². The number of anilines is 2. The van der Waals surface area contributed by atoms with E-state index in [0.29, 0.717) is 15.7 Å². The summed E-state index contributed by atoms with van der Waals surface area (Å²) in [6.45, 7) is 0. The van der Waals surface area contributed by atoms with Crippen molar-refractivity contribution < 1.29 is 13.2 Å². The number of hydrogen-bond donors (Lipinski definition) is 1. The molecule has 0 amide bonds. The molecular formula is C15H10F3N3Se. The Labute approximate surface area is 131 Å². The van der Waals surface area contributed by atoms with Gasteiger partial charge >= 0.3 is 131 Å². The standard InChI is InChI=1S/C15H10F3N3Se/c16-15(17,18)10-4-3-5-11(8-10)20-13-14(22)21-7-2-1-6-12(21)9-19-13/h1-9H,(H,19,20). The summed E-state index contributed by atoms with van der Waals surface area (Å²) in [5.41, 5.74) is 0.508. The van der Waals surface area contributed by atoms with Crippen LogP contribution in [0.3, 0.4) is 0 Å². The zero-order valence-electron chi connectivity index (χ0n) is 11.1. The Morgan fingerprint density at radius 3 is 2.68 bits per heavy atom. The van der Waals surface area contributed by atoms with Gasteiger partial charge in [0.25, 0.3) is 0 Å². The third-order valence-corrected chi connectivity index (χ3v) is 3.91. The van der Waals surface area contributed by atoms with Gasteiger partial charge in [-0.15, -0.1) is 0 Å². The number of nitrogens with one attached hydrogen (secondary N) is 1. The fourth-order valence-corrected chi connectivity index (χ4v) is 2.61.